The first-order valence-electron chi connectivity index (χ1n) is 9.45. The molecular formula is C23H23N4O3. The predicted octanol–water partition coefficient (Wildman–Crippen LogP) is 4.01. The van der Waals surface area contributed by atoms with E-state index in [1.807, 2.05) is 48.8 Å². The van der Waals surface area contributed by atoms with Crippen LogP contribution in [0.1, 0.15) is 11.1 Å². The Morgan fingerprint density at radius 1 is 0.967 bits per heavy atom. The lowest BCUT2D eigenvalue weighted by Gasteiger charge is -2.24. The van der Waals surface area contributed by atoms with Crippen molar-refractivity contribution < 1.29 is 14.2 Å². The van der Waals surface area contributed by atoms with Crippen molar-refractivity contribution in [2.24, 2.45) is 0 Å². The van der Waals surface area contributed by atoms with Crippen molar-refractivity contribution in [3.8, 4) is 17.4 Å². The molecule has 3 aromatic rings. The minimum absolute atomic E-state index is 0.363. The Kier molecular flexibility index (Phi) is 5.70. The third kappa shape index (κ3) is 4.15. The first kappa shape index (κ1) is 19.6. The topological polar surface area (TPSA) is 60.0 Å². The van der Waals surface area contributed by atoms with Crippen LogP contribution in [0.5, 0.6) is 17.4 Å². The number of hydrogen-bond acceptors (Lipinski definition) is 7. The van der Waals surface area contributed by atoms with Gasteiger partial charge in [0.2, 0.25) is 5.88 Å². The molecule has 0 saturated heterocycles. The first-order chi connectivity index (χ1) is 14.7. The summed E-state index contributed by atoms with van der Waals surface area (Å²) < 4.78 is 16.6. The Labute approximate surface area is 176 Å². The Morgan fingerprint density at radius 3 is 2.47 bits per heavy atom. The maximum Gasteiger partial charge on any atom is 0.212 e. The molecule has 3 heterocycles. The number of nitrogens with zero attached hydrogens (tertiary/aromatic N) is 4. The molecular weight excluding hydrogens is 380 g/mol. The predicted molar refractivity (Wildman–Crippen MR) is 116 cm³/mol. The first-order valence-corrected chi connectivity index (χ1v) is 9.45. The van der Waals surface area contributed by atoms with E-state index in [1.165, 1.54) is 0 Å². The summed E-state index contributed by atoms with van der Waals surface area (Å²) in [7, 11) is 3.21. The van der Waals surface area contributed by atoms with Gasteiger partial charge in [0.05, 0.1) is 20.9 Å². The molecule has 1 radical (unpaired) electrons. The van der Waals surface area contributed by atoms with E-state index in [1.54, 1.807) is 32.8 Å². The molecule has 0 unspecified atom stereocenters. The second-order valence-corrected chi connectivity index (χ2v) is 6.71. The van der Waals surface area contributed by atoms with Gasteiger partial charge in [-0.15, -0.1) is 0 Å². The lowest BCUT2D eigenvalue weighted by Crippen LogP contribution is -2.25. The van der Waals surface area contributed by atoms with Gasteiger partial charge in [0, 0.05) is 60.1 Å². The second kappa shape index (κ2) is 8.73. The molecule has 7 heteroatoms. The number of pyridine rings is 2. The molecule has 153 valence electrons. The Bertz CT molecular complexity index is 1020. The van der Waals surface area contributed by atoms with Crippen LogP contribution in [0, 0.1) is 6.92 Å². The van der Waals surface area contributed by atoms with E-state index in [2.05, 4.69) is 26.7 Å². The van der Waals surface area contributed by atoms with Crippen LogP contribution in [0.3, 0.4) is 0 Å². The van der Waals surface area contributed by atoms with Crippen LogP contribution in [-0.2, 0) is 6.61 Å². The van der Waals surface area contributed by atoms with Crippen LogP contribution < -0.4 is 24.0 Å². The van der Waals surface area contributed by atoms with Gasteiger partial charge >= 0.3 is 0 Å². The van der Waals surface area contributed by atoms with Crippen molar-refractivity contribution in [3.63, 3.8) is 0 Å². The van der Waals surface area contributed by atoms with Crippen LogP contribution in [-0.4, -0.2) is 30.9 Å². The number of methoxy groups -OCH3 is 2. The Hall–Kier alpha value is -3.74. The smallest absolute Gasteiger partial charge is 0.212 e. The lowest BCUT2D eigenvalue weighted by molar-refractivity contribution is 0.284. The van der Waals surface area contributed by atoms with Gasteiger partial charge in [-0.3, -0.25) is 4.98 Å². The van der Waals surface area contributed by atoms with E-state index in [0.717, 1.165) is 22.5 Å². The van der Waals surface area contributed by atoms with E-state index in [4.69, 9.17) is 14.2 Å². The summed E-state index contributed by atoms with van der Waals surface area (Å²) in [5.41, 5.74) is 3.81. The number of anilines is 2. The van der Waals surface area contributed by atoms with Crippen molar-refractivity contribution in [3.05, 3.63) is 85.4 Å². The maximum absolute atomic E-state index is 6.05. The van der Waals surface area contributed by atoms with Gasteiger partial charge in [0.25, 0.3) is 0 Å². The molecule has 0 atom stereocenters. The number of benzene rings is 1. The number of ether oxygens (including phenoxy) is 3. The van der Waals surface area contributed by atoms with Crippen LogP contribution in [0.4, 0.5) is 11.4 Å². The lowest BCUT2D eigenvalue weighted by atomic mass is 10.1. The summed E-state index contributed by atoms with van der Waals surface area (Å²) in [6.07, 6.45) is 9.35. The average molecular weight is 403 g/mol. The van der Waals surface area contributed by atoms with Gasteiger partial charge in [-0.25, -0.2) is 4.98 Å². The van der Waals surface area contributed by atoms with Crippen LogP contribution >= 0.6 is 0 Å². The van der Waals surface area contributed by atoms with E-state index in [0.29, 0.717) is 30.7 Å². The molecule has 0 fully saturated rings. The zero-order chi connectivity index (χ0) is 20.9. The molecule has 0 bridgehead atoms. The molecule has 0 spiro atoms. The molecule has 2 aromatic heterocycles. The number of aromatic nitrogens is 2. The van der Waals surface area contributed by atoms with Gasteiger partial charge in [0.15, 0.2) is 11.5 Å². The molecule has 0 amide bonds. The molecule has 1 aliphatic heterocycles. The maximum atomic E-state index is 6.05. The molecule has 1 aromatic carbocycles. The normalized spacial score (nSPS) is 12.9. The minimum Gasteiger partial charge on any atom is -0.493 e. The number of hydrogen-bond donors (Lipinski definition) is 0. The van der Waals surface area contributed by atoms with Gasteiger partial charge in [0.1, 0.15) is 6.61 Å². The summed E-state index contributed by atoms with van der Waals surface area (Å²) in [5, 5.41) is 0. The summed E-state index contributed by atoms with van der Waals surface area (Å²) in [6, 6.07) is 11.5. The van der Waals surface area contributed by atoms with E-state index in [9.17, 15) is 0 Å². The Morgan fingerprint density at radius 2 is 1.77 bits per heavy atom. The highest BCUT2D eigenvalue weighted by molar-refractivity contribution is 5.67. The van der Waals surface area contributed by atoms with Gasteiger partial charge in [-0.05, 0) is 36.8 Å². The van der Waals surface area contributed by atoms with Crippen molar-refractivity contribution in [2.45, 2.75) is 6.61 Å². The van der Waals surface area contributed by atoms with Crippen molar-refractivity contribution in [1.82, 2.24) is 9.97 Å². The fourth-order valence-corrected chi connectivity index (χ4v) is 3.19. The standard InChI is InChI=1S/C23H23N4O3/c1-17-12-21(28-2)22(30-15-18-4-5-23(29-3)25-14-18)13-20(17)27-11-10-26(16-27)19-6-8-24-9-7-19/h4-14H,1,15-16H2,2-3H3. The fraction of sp³-hybridized carbons (Fsp3) is 0.174. The Balaban J connectivity index is 1.52. The van der Waals surface area contributed by atoms with E-state index >= 15 is 0 Å². The second-order valence-electron chi connectivity index (χ2n) is 6.71. The summed E-state index contributed by atoms with van der Waals surface area (Å²) in [6.45, 7) is 5.22. The molecule has 0 aliphatic carbocycles. The van der Waals surface area contributed by atoms with Crippen LogP contribution in [0.25, 0.3) is 0 Å². The largest absolute Gasteiger partial charge is 0.493 e. The molecule has 1 aliphatic rings. The van der Waals surface area contributed by atoms with Gasteiger partial charge in [-0.2, -0.15) is 0 Å². The quantitative estimate of drug-likeness (QED) is 0.591. The monoisotopic (exact) mass is 403 g/mol. The third-order valence-electron chi connectivity index (χ3n) is 4.80. The molecule has 30 heavy (non-hydrogen) atoms. The SMILES string of the molecule is [CH2]c1cc(OC)c(OCc2ccc(OC)nc2)cc1N1C=CN(c2ccncc2)C1. The van der Waals surface area contributed by atoms with Crippen LogP contribution in [0.2, 0.25) is 0 Å². The third-order valence-corrected chi connectivity index (χ3v) is 4.80. The van der Waals surface area contributed by atoms with E-state index in [-0.39, 0.29) is 0 Å². The molecule has 7 nitrogen and oxygen atoms in total. The van der Waals surface area contributed by atoms with Crippen molar-refractivity contribution >= 4 is 11.4 Å². The van der Waals surface area contributed by atoms with E-state index < -0.39 is 0 Å². The minimum atomic E-state index is 0.363. The number of rotatable bonds is 7. The highest BCUT2D eigenvalue weighted by atomic mass is 16.5. The summed E-state index contributed by atoms with van der Waals surface area (Å²) in [5.74, 6) is 1.85. The van der Waals surface area contributed by atoms with Crippen LogP contribution in [0.15, 0.2) is 67.4 Å². The summed E-state index contributed by atoms with van der Waals surface area (Å²) >= 11 is 0. The zero-order valence-corrected chi connectivity index (χ0v) is 17.0. The van der Waals surface area contributed by atoms with Crippen molar-refractivity contribution in [1.29, 1.82) is 0 Å². The summed E-state index contributed by atoms with van der Waals surface area (Å²) in [4.78, 5) is 12.5. The zero-order valence-electron chi connectivity index (χ0n) is 17.0. The average Bonchev–Trinajstić information content (AvgIpc) is 3.29. The highest BCUT2D eigenvalue weighted by Crippen LogP contribution is 2.37. The molecule has 0 N–H and O–H groups in total. The molecule has 4 rings (SSSR count). The highest BCUT2D eigenvalue weighted by Gasteiger charge is 2.19. The van der Waals surface area contributed by atoms with Gasteiger partial charge in [-0.1, -0.05) is 0 Å². The molecule has 0 saturated carbocycles. The fourth-order valence-electron chi connectivity index (χ4n) is 3.19. The van der Waals surface area contributed by atoms with Gasteiger partial charge < -0.3 is 24.0 Å². The van der Waals surface area contributed by atoms with Crippen molar-refractivity contribution in [2.75, 3.05) is 30.7 Å².